The van der Waals surface area contributed by atoms with Crippen LogP contribution >= 0.6 is 11.3 Å². The average molecular weight is 211 g/mol. The van der Waals surface area contributed by atoms with Crippen LogP contribution in [-0.2, 0) is 0 Å². The van der Waals surface area contributed by atoms with Crippen LogP contribution in [0.5, 0.6) is 0 Å². The number of nitrogens with one attached hydrogen (secondary N) is 1. The minimum Gasteiger partial charge on any atom is -0.307 e. The summed E-state index contributed by atoms with van der Waals surface area (Å²) in [6.07, 6.45) is 3.90. The van der Waals surface area contributed by atoms with Gasteiger partial charge in [-0.05, 0) is 31.7 Å². The van der Waals surface area contributed by atoms with E-state index in [1.807, 2.05) is 11.3 Å². The predicted molar refractivity (Wildman–Crippen MR) is 64.9 cm³/mol. The van der Waals surface area contributed by atoms with Crippen LogP contribution in [0.3, 0.4) is 0 Å². The third-order valence-electron chi connectivity index (χ3n) is 2.50. The van der Waals surface area contributed by atoms with Crippen molar-refractivity contribution in [3.63, 3.8) is 0 Å². The number of thiophene rings is 1. The molecule has 0 spiro atoms. The molecule has 80 valence electrons. The average Bonchev–Trinajstić information content (AvgIpc) is 2.67. The van der Waals surface area contributed by atoms with Gasteiger partial charge in [0.1, 0.15) is 0 Å². The van der Waals surface area contributed by atoms with Crippen molar-refractivity contribution in [2.45, 2.75) is 52.1 Å². The van der Waals surface area contributed by atoms with Gasteiger partial charge >= 0.3 is 0 Å². The summed E-state index contributed by atoms with van der Waals surface area (Å²) in [4.78, 5) is 1.44. The molecule has 0 aliphatic heterocycles. The van der Waals surface area contributed by atoms with Crippen LogP contribution in [0.25, 0.3) is 0 Å². The zero-order valence-electron chi connectivity index (χ0n) is 9.42. The predicted octanol–water partition coefficient (Wildman–Crippen LogP) is 3.98. The maximum absolute atomic E-state index is 3.63. The van der Waals surface area contributed by atoms with E-state index >= 15 is 0 Å². The maximum atomic E-state index is 3.63. The number of unbranched alkanes of at least 4 members (excludes halogenated alkanes) is 1. The van der Waals surface area contributed by atoms with Crippen molar-refractivity contribution in [3.05, 3.63) is 22.4 Å². The van der Waals surface area contributed by atoms with Gasteiger partial charge in [0.05, 0.1) is 0 Å². The van der Waals surface area contributed by atoms with Crippen molar-refractivity contribution in [3.8, 4) is 0 Å². The maximum Gasteiger partial charge on any atom is 0.0388 e. The minimum absolute atomic E-state index is 0.502. The monoisotopic (exact) mass is 211 g/mol. The van der Waals surface area contributed by atoms with E-state index in [9.17, 15) is 0 Å². The molecule has 2 heteroatoms. The topological polar surface area (TPSA) is 12.0 Å². The lowest BCUT2D eigenvalue weighted by Gasteiger charge is -2.18. The van der Waals surface area contributed by atoms with E-state index in [2.05, 4.69) is 43.6 Å². The third-order valence-corrected chi connectivity index (χ3v) is 3.55. The summed E-state index contributed by atoms with van der Waals surface area (Å²) in [5, 5.41) is 5.77. The molecule has 0 radical (unpaired) electrons. The molecular formula is C12H21NS. The molecule has 1 aromatic rings. The fourth-order valence-electron chi connectivity index (χ4n) is 1.64. The number of hydrogen-bond acceptors (Lipinski definition) is 2. The molecule has 1 nitrogen and oxygen atoms in total. The summed E-state index contributed by atoms with van der Waals surface area (Å²) in [7, 11) is 0. The van der Waals surface area contributed by atoms with E-state index in [0.717, 1.165) is 0 Å². The van der Waals surface area contributed by atoms with E-state index < -0.39 is 0 Å². The van der Waals surface area contributed by atoms with Crippen LogP contribution in [0.15, 0.2) is 17.5 Å². The number of rotatable bonds is 6. The van der Waals surface area contributed by atoms with Crippen LogP contribution in [-0.4, -0.2) is 6.04 Å². The molecule has 1 heterocycles. The largest absolute Gasteiger partial charge is 0.307 e. The van der Waals surface area contributed by atoms with Gasteiger partial charge in [0.2, 0.25) is 0 Å². The van der Waals surface area contributed by atoms with Gasteiger partial charge in [-0.25, -0.2) is 0 Å². The van der Waals surface area contributed by atoms with Crippen LogP contribution < -0.4 is 5.32 Å². The quantitative estimate of drug-likeness (QED) is 0.750. The highest BCUT2D eigenvalue weighted by Gasteiger charge is 2.09. The Hall–Kier alpha value is -0.340. The molecule has 0 aliphatic rings. The molecule has 0 aliphatic carbocycles. The van der Waals surface area contributed by atoms with E-state index in [-0.39, 0.29) is 0 Å². The highest BCUT2D eigenvalue weighted by molar-refractivity contribution is 7.10. The lowest BCUT2D eigenvalue weighted by Crippen LogP contribution is -2.28. The van der Waals surface area contributed by atoms with E-state index in [0.29, 0.717) is 12.1 Å². The fraction of sp³-hybridized carbons (Fsp3) is 0.667. The highest BCUT2D eigenvalue weighted by atomic mass is 32.1. The summed E-state index contributed by atoms with van der Waals surface area (Å²) in [6, 6.07) is 5.46. The van der Waals surface area contributed by atoms with Crippen molar-refractivity contribution in [1.29, 1.82) is 0 Å². The van der Waals surface area contributed by atoms with Crippen molar-refractivity contribution in [1.82, 2.24) is 5.32 Å². The fourth-order valence-corrected chi connectivity index (χ4v) is 2.38. The molecule has 14 heavy (non-hydrogen) atoms. The molecule has 1 aromatic heterocycles. The first-order valence-corrected chi connectivity index (χ1v) is 6.41. The Labute approximate surface area is 91.5 Å². The molecule has 1 rings (SSSR count). The summed E-state index contributed by atoms with van der Waals surface area (Å²) < 4.78 is 0. The summed E-state index contributed by atoms with van der Waals surface area (Å²) in [5.41, 5.74) is 0. The molecule has 0 saturated carbocycles. The van der Waals surface area contributed by atoms with Gasteiger partial charge in [-0.3, -0.25) is 0 Å². The first-order valence-electron chi connectivity index (χ1n) is 5.53. The Morgan fingerprint density at radius 3 is 2.79 bits per heavy atom. The molecule has 0 fully saturated rings. The normalized spacial score (nSPS) is 15.4. The lowest BCUT2D eigenvalue weighted by molar-refractivity contribution is 0.448. The molecule has 0 saturated heterocycles. The molecule has 0 aromatic carbocycles. The summed E-state index contributed by atoms with van der Waals surface area (Å²) in [5.74, 6) is 0. The Morgan fingerprint density at radius 1 is 1.43 bits per heavy atom. The SMILES string of the molecule is CCCCC(C)N[C@H](C)c1cccs1. The highest BCUT2D eigenvalue weighted by Crippen LogP contribution is 2.19. The first kappa shape index (κ1) is 11.7. The van der Waals surface area contributed by atoms with E-state index in [1.54, 1.807) is 0 Å². The van der Waals surface area contributed by atoms with Gasteiger partial charge in [0.15, 0.2) is 0 Å². The second-order valence-corrected chi connectivity index (χ2v) is 4.93. The summed E-state index contributed by atoms with van der Waals surface area (Å²) >= 11 is 1.83. The molecular weight excluding hydrogens is 190 g/mol. The Kier molecular flexibility index (Phi) is 5.20. The molecule has 2 atom stereocenters. The van der Waals surface area contributed by atoms with Gasteiger partial charge in [-0.15, -0.1) is 11.3 Å². The van der Waals surface area contributed by atoms with Crippen LogP contribution in [0.1, 0.15) is 51.0 Å². The van der Waals surface area contributed by atoms with Gasteiger partial charge in [0, 0.05) is 17.0 Å². The zero-order chi connectivity index (χ0) is 10.4. The van der Waals surface area contributed by atoms with Crippen molar-refractivity contribution >= 4 is 11.3 Å². The second kappa shape index (κ2) is 6.20. The number of hydrogen-bond donors (Lipinski definition) is 1. The van der Waals surface area contributed by atoms with Crippen molar-refractivity contribution in [2.75, 3.05) is 0 Å². The standard InChI is InChI=1S/C12H21NS/c1-4-5-7-10(2)13-11(3)12-8-6-9-14-12/h6,8-11,13H,4-5,7H2,1-3H3/t10?,11-/m1/s1. The van der Waals surface area contributed by atoms with E-state index in [4.69, 9.17) is 0 Å². The molecule has 1 N–H and O–H groups in total. The van der Waals surface area contributed by atoms with Crippen LogP contribution in [0.2, 0.25) is 0 Å². The molecule has 0 bridgehead atoms. The smallest absolute Gasteiger partial charge is 0.0388 e. The van der Waals surface area contributed by atoms with Gasteiger partial charge in [-0.1, -0.05) is 25.8 Å². The van der Waals surface area contributed by atoms with Crippen LogP contribution in [0, 0.1) is 0 Å². The Balaban J connectivity index is 2.29. The lowest BCUT2D eigenvalue weighted by atomic mass is 10.1. The van der Waals surface area contributed by atoms with E-state index in [1.165, 1.54) is 24.1 Å². The first-order chi connectivity index (χ1) is 6.74. The second-order valence-electron chi connectivity index (χ2n) is 3.95. The summed E-state index contributed by atoms with van der Waals surface area (Å²) in [6.45, 7) is 6.77. The minimum atomic E-state index is 0.502. The molecule has 0 amide bonds. The van der Waals surface area contributed by atoms with Gasteiger partial charge < -0.3 is 5.32 Å². The van der Waals surface area contributed by atoms with Gasteiger partial charge in [0.25, 0.3) is 0 Å². The zero-order valence-corrected chi connectivity index (χ0v) is 10.2. The Morgan fingerprint density at radius 2 is 2.21 bits per heavy atom. The van der Waals surface area contributed by atoms with Crippen molar-refractivity contribution < 1.29 is 0 Å². The third kappa shape index (κ3) is 3.81. The van der Waals surface area contributed by atoms with Crippen molar-refractivity contribution in [2.24, 2.45) is 0 Å². The van der Waals surface area contributed by atoms with Crippen LogP contribution in [0.4, 0.5) is 0 Å². The Bertz CT molecular complexity index is 230. The van der Waals surface area contributed by atoms with Gasteiger partial charge in [-0.2, -0.15) is 0 Å². The molecule has 1 unspecified atom stereocenters.